The van der Waals surface area contributed by atoms with Crippen LogP contribution in [0.15, 0.2) is 29.7 Å². The first-order valence-electron chi connectivity index (χ1n) is 6.98. The number of aryl methyl sites for hydroxylation is 2. The van der Waals surface area contributed by atoms with E-state index in [4.69, 9.17) is 5.73 Å². The first-order valence-corrected chi connectivity index (χ1v) is 7.97. The number of carbonyl (C=O) groups excluding carboxylic acids is 1. The number of H-pyrrole nitrogens is 1. The molecule has 2 aromatic heterocycles. The quantitative estimate of drug-likeness (QED) is 0.634. The number of benzene rings is 1. The lowest BCUT2D eigenvalue weighted by Crippen LogP contribution is -2.14. The number of nitrogens with zero attached hydrogens (tertiary/aromatic N) is 3. The molecular formula is C15H16N6OS. The molecule has 0 aliphatic heterocycles. The van der Waals surface area contributed by atoms with Crippen molar-refractivity contribution in [2.75, 3.05) is 16.8 Å². The predicted octanol–water partition coefficient (Wildman–Crippen LogP) is 2.28. The number of hydrogen-bond donors (Lipinski definition) is 3. The van der Waals surface area contributed by atoms with E-state index in [0.717, 1.165) is 16.8 Å². The summed E-state index contributed by atoms with van der Waals surface area (Å²) in [6, 6.07) is 5.93. The van der Waals surface area contributed by atoms with Crippen molar-refractivity contribution in [3.05, 3.63) is 35.7 Å². The van der Waals surface area contributed by atoms with Gasteiger partial charge in [-0.1, -0.05) is 17.8 Å². The largest absolute Gasteiger partial charge is 0.382 e. The highest BCUT2D eigenvalue weighted by Gasteiger charge is 2.10. The van der Waals surface area contributed by atoms with Crippen LogP contribution < -0.4 is 11.1 Å². The Labute approximate surface area is 137 Å². The summed E-state index contributed by atoms with van der Waals surface area (Å²) in [5.74, 6) is 0.480. The average molecular weight is 328 g/mol. The van der Waals surface area contributed by atoms with Gasteiger partial charge in [-0.05, 0) is 37.1 Å². The second kappa shape index (κ2) is 6.25. The van der Waals surface area contributed by atoms with E-state index in [2.05, 4.69) is 31.3 Å². The molecule has 118 valence electrons. The SMILES string of the molecule is Cc1cc(C)cc(NC(=O)CSc2nc3ncnc(N)c3[nH]2)c1. The van der Waals surface area contributed by atoms with Gasteiger partial charge in [-0.3, -0.25) is 4.79 Å². The standard InChI is InChI=1S/C15H16N6OS/c1-8-3-9(2)5-10(4-8)19-11(22)6-23-15-20-12-13(16)17-7-18-14(12)21-15/h3-5,7H,6H2,1-2H3,(H,19,22)(H3,16,17,18,20,21). The van der Waals surface area contributed by atoms with Crippen molar-refractivity contribution in [1.29, 1.82) is 0 Å². The molecule has 3 rings (SSSR count). The number of nitrogen functional groups attached to an aromatic ring is 1. The lowest BCUT2D eigenvalue weighted by molar-refractivity contribution is -0.113. The van der Waals surface area contributed by atoms with Crippen molar-refractivity contribution in [2.24, 2.45) is 0 Å². The zero-order valence-electron chi connectivity index (χ0n) is 12.8. The van der Waals surface area contributed by atoms with Crippen LogP contribution in [0.2, 0.25) is 0 Å². The Bertz CT molecular complexity index is 855. The second-order valence-corrected chi connectivity index (χ2v) is 6.18. The van der Waals surface area contributed by atoms with Crippen LogP contribution in [-0.2, 0) is 4.79 Å². The normalized spacial score (nSPS) is 10.9. The molecule has 1 aromatic carbocycles. The van der Waals surface area contributed by atoms with E-state index in [-0.39, 0.29) is 11.7 Å². The molecule has 8 heteroatoms. The van der Waals surface area contributed by atoms with E-state index in [9.17, 15) is 4.79 Å². The summed E-state index contributed by atoms with van der Waals surface area (Å²) < 4.78 is 0. The molecule has 4 N–H and O–H groups in total. The van der Waals surface area contributed by atoms with E-state index >= 15 is 0 Å². The molecule has 0 spiro atoms. The molecule has 0 aliphatic carbocycles. The molecule has 0 radical (unpaired) electrons. The monoisotopic (exact) mass is 328 g/mol. The van der Waals surface area contributed by atoms with Crippen LogP contribution in [0.3, 0.4) is 0 Å². The highest BCUT2D eigenvalue weighted by atomic mass is 32.2. The number of imidazole rings is 1. The first kappa shape index (κ1) is 15.3. The van der Waals surface area contributed by atoms with E-state index in [1.807, 2.05) is 26.0 Å². The summed E-state index contributed by atoms with van der Waals surface area (Å²) in [6.07, 6.45) is 1.36. The molecule has 23 heavy (non-hydrogen) atoms. The molecule has 0 bridgehead atoms. The number of amides is 1. The molecule has 0 atom stereocenters. The fraction of sp³-hybridized carbons (Fsp3) is 0.200. The van der Waals surface area contributed by atoms with E-state index in [1.54, 1.807) is 0 Å². The minimum atomic E-state index is -0.0977. The number of anilines is 2. The van der Waals surface area contributed by atoms with Crippen molar-refractivity contribution in [3.8, 4) is 0 Å². The molecule has 0 unspecified atom stereocenters. The van der Waals surface area contributed by atoms with Gasteiger partial charge in [0.2, 0.25) is 5.91 Å². The van der Waals surface area contributed by atoms with Gasteiger partial charge in [0, 0.05) is 5.69 Å². The van der Waals surface area contributed by atoms with Crippen LogP contribution >= 0.6 is 11.8 Å². The first-order chi connectivity index (χ1) is 11.0. The van der Waals surface area contributed by atoms with Crippen LogP contribution in [0.25, 0.3) is 11.2 Å². The highest BCUT2D eigenvalue weighted by molar-refractivity contribution is 7.99. The lowest BCUT2D eigenvalue weighted by atomic mass is 10.1. The number of thioether (sulfide) groups is 1. The molecule has 1 amide bonds. The third-order valence-electron chi connectivity index (χ3n) is 3.14. The molecule has 0 saturated heterocycles. The minimum Gasteiger partial charge on any atom is -0.382 e. The fourth-order valence-electron chi connectivity index (χ4n) is 2.27. The Hall–Kier alpha value is -2.61. The summed E-state index contributed by atoms with van der Waals surface area (Å²) in [4.78, 5) is 27.3. The second-order valence-electron chi connectivity index (χ2n) is 5.21. The van der Waals surface area contributed by atoms with E-state index in [1.165, 1.54) is 18.1 Å². The predicted molar refractivity (Wildman–Crippen MR) is 91.4 cm³/mol. The van der Waals surface area contributed by atoms with Gasteiger partial charge in [0.15, 0.2) is 16.6 Å². The van der Waals surface area contributed by atoms with Gasteiger partial charge in [0.05, 0.1) is 5.75 Å². The summed E-state index contributed by atoms with van der Waals surface area (Å²) >= 11 is 1.29. The van der Waals surface area contributed by atoms with E-state index in [0.29, 0.717) is 22.1 Å². The number of aromatic amines is 1. The zero-order valence-corrected chi connectivity index (χ0v) is 13.6. The van der Waals surface area contributed by atoms with Crippen LogP contribution in [0.1, 0.15) is 11.1 Å². The highest BCUT2D eigenvalue weighted by Crippen LogP contribution is 2.21. The maximum atomic E-state index is 12.1. The number of fused-ring (bicyclic) bond motifs is 1. The minimum absolute atomic E-state index is 0.0977. The van der Waals surface area contributed by atoms with Crippen molar-refractivity contribution < 1.29 is 4.79 Å². The van der Waals surface area contributed by atoms with Crippen LogP contribution in [0.4, 0.5) is 11.5 Å². The third-order valence-corrected chi connectivity index (χ3v) is 4.01. The average Bonchev–Trinajstić information content (AvgIpc) is 2.88. The van der Waals surface area contributed by atoms with Gasteiger partial charge in [-0.25, -0.2) is 15.0 Å². The Balaban J connectivity index is 1.65. The molecule has 3 aromatic rings. The van der Waals surface area contributed by atoms with Crippen molar-refractivity contribution in [3.63, 3.8) is 0 Å². The van der Waals surface area contributed by atoms with Gasteiger partial charge >= 0.3 is 0 Å². The van der Waals surface area contributed by atoms with Crippen LogP contribution in [0.5, 0.6) is 0 Å². The number of rotatable bonds is 4. The van der Waals surface area contributed by atoms with Gasteiger partial charge in [-0.15, -0.1) is 0 Å². The van der Waals surface area contributed by atoms with Gasteiger partial charge in [0.1, 0.15) is 11.8 Å². The number of aromatic nitrogens is 4. The fourth-order valence-corrected chi connectivity index (χ4v) is 2.94. The smallest absolute Gasteiger partial charge is 0.234 e. The third kappa shape index (κ3) is 3.59. The van der Waals surface area contributed by atoms with E-state index < -0.39 is 0 Å². The maximum Gasteiger partial charge on any atom is 0.234 e. The van der Waals surface area contributed by atoms with Crippen molar-refractivity contribution in [1.82, 2.24) is 19.9 Å². The molecule has 7 nitrogen and oxygen atoms in total. The Kier molecular flexibility index (Phi) is 4.16. The van der Waals surface area contributed by atoms with Crippen molar-refractivity contribution in [2.45, 2.75) is 19.0 Å². The Morgan fingerprint density at radius 3 is 2.70 bits per heavy atom. The maximum absolute atomic E-state index is 12.1. The summed E-state index contributed by atoms with van der Waals surface area (Å²) in [5.41, 5.74) is 9.85. The summed E-state index contributed by atoms with van der Waals surface area (Å²) in [6.45, 7) is 3.99. The molecule has 0 aliphatic rings. The van der Waals surface area contributed by atoms with Gasteiger partial charge < -0.3 is 16.0 Å². The van der Waals surface area contributed by atoms with Gasteiger partial charge in [-0.2, -0.15) is 0 Å². The topological polar surface area (TPSA) is 110 Å². The summed E-state index contributed by atoms with van der Waals surface area (Å²) in [5, 5.41) is 3.47. The lowest BCUT2D eigenvalue weighted by Gasteiger charge is -2.06. The summed E-state index contributed by atoms with van der Waals surface area (Å²) in [7, 11) is 0. The number of nitrogens with one attached hydrogen (secondary N) is 2. The molecule has 0 fully saturated rings. The van der Waals surface area contributed by atoms with Crippen molar-refractivity contribution >= 4 is 40.3 Å². The Morgan fingerprint density at radius 2 is 2.00 bits per heavy atom. The number of nitrogens with two attached hydrogens (primary N) is 1. The molecule has 2 heterocycles. The van der Waals surface area contributed by atoms with Crippen LogP contribution in [0, 0.1) is 13.8 Å². The van der Waals surface area contributed by atoms with Gasteiger partial charge in [0.25, 0.3) is 0 Å². The molecular weight excluding hydrogens is 312 g/mol. The number of hydrogen-bond acceptors (Lipinski definition) is 6. The Morgan fingerprint density at radius 1 is 1.26 bits per heavy atom. The molecule has 0 saturated carbocycles. The van der Waals surface area contributed by atoms with Crippen LogP contribution in [-0.4, -0.2) is 31.6 Å². The number of carbonyl (C=O) groups is 1. The zero-order chi connectivity index (χ0) is 16.4.